The molecule has 0 radical (unpaired) electrons. The summed E-state index contributed by atoms with van der Waals surface area (Å²) in [5.41, 5.74) is 4.96. The molecule has 0 atom stereocenters. The van der Waals surface area contributed by atoms with Crippen LogP contribution in [0.25, 0.3) is 85.4 Å². The Labute approximate surface area is 222 Å². The molecule has 0 aliphatic rings. The van der Waals surface area contributed by atoms with Crippen LogP contribution in [0.15, 0.2) is 121 Å². The topological polar surface area (TPSA) is 15.8 Å². The maximum Gasteiger partial charge on any atom is 0.0551 e. The highest BCUT2D eigenvalue weighted by Gasteiger charge is 2.18. The van der Waals surface area contributed by atoms with Crippen molar-refractivity contribution in [2.45, 2.75) is 0 Å². The number of aromatic nitrogens is 1. The van der Waals surface area contributed by atoms with Crippen LogP contribution in [0.2, 0.25) is 0 Å². The molecule has 2 heteroatoms. The van der Waals surface area contributed by atoms with Crippen LogP contribution < -0.4 is 0 Å². The molecular weight excluding hydrogens is 478 g/mol. The minimum absolute atomic E-state index is 1.18. The van der Waals surface area contributed by atoms with Crippen molar-refractivity contribution in [3.05, 3.63) is 121 Å². The van der Waals surface area contributed by atoms with E-state index in [1.807, 2.05) is 11.3 Å². The summed E-state index contributed by atoms with van der Waals surface area (Å²) in [5.74, 6) is 0. The maximum atomic E-state index is 3.76. The van der Waals surface area contributed by atoms with E-state index in [1.54, 1.807) is 0 Å². The van der Waals surface area contributed by atoms with Crippen molar-refractivity contribution in [2.24, 2.45) is 0 Å². The summed E-state index contributed by atoms with van der Waals surface area (Å²) in [6.07, 6.45) is 0. The number of H-pyrrole nitrogens is 1. The molecule has 0 aliphatic heterocycles. The van der Waals surface area contributed by atoms with Crippen molar-refractivity contribution in [1.82, 2.24) is 4.98 Å². The Bertz CT molecular complexity index is 2400. The molecule has 0 bridgehead atoms. The molecule has 9 rings (SSSR count). The number of para-hydroxylation sites is 1. The van der Waals surface area contributed by atoms with E-state index in [9.17, 15) is 0 Å². The van der Waals surface area contributed by atoms with Crippen LogP contribution in [0.1, 0.15) is 0 Å². The molecule has 0 saturated carbocycles. The van der Waals surface area contributed by atoms with Gasteiger partial charge in [0.15, 0.2) is 0 Å². The van der Waals surface area contributed by atoms with Gasteiger partial charge in [0, 0.05) is 47.2 Å². The van der Waals surface area contributed by atoms with Crippen LogP contribution in [0.4, 0.5) is 0 Å². The van der Waals surface area contributed by atoms with Gasteiger partial charge in [0.1, 0.15) is 0 Å². The van der Waals surface area contributed by atoms with Gasteiger partial charge in [-0.05, 0) is 63.0 Å². The highest BCUT2D eigenvalue weighted by atomic mass is 32.1. The second-order valence-electron chi connectivity index (χ2n) is 10.2. The van der Waals surface area contributed by atoms with E-state index in [1.165, 1.54) is 85.4 Å². The second-order valence-corrected chi connectivity index (χ2v) is 11.3. The van der Waals surface area contributed by atoms with E-state index in [0.717, 1.165) is 0 Å². The molecule has 2 aromatic heterocycles. The van der Waals surface area contributed by atoms with Crippen LogP contribution in [0.3, 0.4) is 0 Å². The fraction of sp³-hybridized carbons (Fsp3) is 0. The molecule has 1 N–H and O–H groups in total. The van der Waals surface area contributed by atoms with Gasteiger partial charge in [-0.2, -0.15) is 0 Å². The van der Waals surface area contributed by atoms with Crippen LogP contribution in [-0.4, -0.2) is 4.98 Å². The normalized spacial score (nSPS) is 12.2. The zero-order valence-corrected chi connectivity index (χ0v) is 21.3. The minimum Gasteiger partial charge on any atom is -0.354 e. The van der Waals surface area contributed by atoms with Gasteiger partial charge in [0.05, 0.1) is 5.52 Å². The van der Waals surface area contributed by atoms with Gasteiger partial charge < -0.3 is 4.98 Å². The SMILES string of the molecule is c1ccc2c(c1)[nH]c1c3ccccc3c3cc(-c4ccc5sc6ccccc6c5c4)c4ccccc4c3c21. The zero-order chi connectivity index (χ0) is 24.8. The van der Waals surface area contributed by atoms with Crippen molar-refractivity contribution in [3.63, 3.8) is 0 Å². The van der Waals surface area contributed by atoms with Gasteiger partial charge in [0.2, 0.25) is 0 Å². The maximum absolute atomic E-state index is 3.76. The van der Waals surface area contributed by atoms with E-state index >= 15 is 0 Å². The van der Waals surface area contributed by atoms with Gasteiger partial charge in [-0.3, -0.25) is 0 Å². The van der Waals surface area contributed by atoms with Crippen molar-refractivity contribution in [1.29, 1.82) is 0 Å². The zero-order valence-electron chi connectivity index (χ0n) is 20.5. The van der Waals surface area contributed by atoms with E-state index in [2.05, 4.69) is 126 Å². The summed E-state index contributed by atoms with van der Waals surface area (Å²) in [4.78, 5) is 3.76. The van der Waals surface area contributed by atoms with Gasteiger partial charge in [-0.15, -0.1) is 11.3 Å². The second kappa shape index (κ2) is 7.44. The van der Waals surface area contributed by atoms with Crippen molar-refractivity contribution < 1.29 is 0 Å². The lowest BCUT2D eigenvalue weighted by atomic mass is 9.88. The molecule has 7 aromatic carbocycles. The number of rotatable bonds is 1. The Morgan fingerprint density at radius 3 is 1.95 bits per heavy atom. The predicted octanol–water partition coefficient (Wildman–Crippen LogP) is 10.8. The number of thiophene rings is 1. The van der Waals surface area contributed by atoms with Crippen molar-refractivity contribution in [2.75, 3.05) is 0 Å². The molecule has 0 amide bonds. The lowest BCUT2D eigenvalue weighted by Gasteiger charge is -2.15. The first kappa shape index (κ1) is 20.4. The molecule has 1 nitrogen and oxygen atoms in total. The van der Waals surface area contributed by atoms with Crippen LogP contribution in [0.5, 0.6) is 0 Å². The highest BCUT2D eigenvalue weighted by molar-refractivity contribution is 7.25. The molecule has 0 aliphatic carbocycles. The Balaban J connectivity index is 1.50. The summed E-state index contributed by atoms with van der Waals surface area (Å²) in [6, 6.07) is 44.7. The van der Waals surface area contributed by atoms with E-state index < -0.39 is 0 Å². The van der Waals surface area contributed by atoms with Crippen molar-refractivity contribution in [3.8, 4) is 11.1 Å². The monoisotopic (exact) mass is 499 g/mol. The Morgan fingerprint density at radius 1 is 0.421 bits per heavy atom. The first-order valence-electron chi connectivity index (χ1n) is 13.0. The van der Waals surface area contributed by atoms with Gasteiger partial charge >= 0.3 is 0 Å². The van der Waals surface area contributed by atoms with E-state index in [-0.39, 0.29) is 0 Å². The standard InChI is InChI=1S/C36H21NS/c1-3-12-25-22(9-1)28(21-17-18-33-29(19-21)24-11-6-8-16-32(24)38-33)20-30-23-10-2-4-13-26(23)36-35(34(25)30)27-14-5-7-15-31(27)37-36/h1-20,37H. The molecule has 0 saturated heterocycles. The first-order chi connectivity index (χ1) is 18.8. The van der Waals surface area contributed by atoms with E-state index in [4.69, 9.17) is 0 Å². The molecule has 2 heterocycles. The quantitative estimate of drug-likeness (QED) is 0.216. The number of nitrogens with one attached hydrogen (secondary N) is 1. The molecular formula is C36H21NS. The predicted molar refractivity (Wildman–Crippen MR) is 167 cm³/mol. The van der Waals surface area contributed by atoms with Crippen LogP contribution in [-0.2, 0) is 0 Å². The Hall–Kier alpha value is -4.66. The molecule has 0 fully saturated rings. The van der Waals surface area contributed by atoms with Gasteiger partial charge in [-0.25, -0.2) is 0 Å². The third kappa shape index (κ3) is 2.65. The highest BCUT2D eigenvalue weighted by Crippen LogP contribution is 2.45. The average Bonchev–Trinajstić information content (AvgIpc) is 3.55. The van der Waals surface area contributed by atoms with Crippen LogP contribution >= 0.6 is 11.3 Å². The number of benzene rings is 7. The fourth-order valence-corrected chi connectivity index (χ4v) is 7.62. The van der Waals surface area contributed by atoms with Gasteiger partial charge in [-0.1, -0.05) is 91.0 Å². The summed E-state index contributed by atoms with van der Waals surface area (Å²) >= 11 is 1.87. The minimum atomic E-state index is 1.18. The number of hydrogen-bond donors (Lipinski definition) is 1. The fourth-order valence-electron chi connectivity index (χ4n) is 6.53. The lowest BCUT2D eigenvalue weighted by molar-refractivity contribution is 1.56. The molecule has 176 valence electrons. The summed E-state index contributed by atoms with van der Waals surface area (Å²) in [5, 5.41) is 13.1. The first-order valence-corrected chi connectivity index (χ1v) is 13.8. The average molecular weight is 500 g/mol. The van der Waals surface area contributed by atoms with Crippen LogP contribution in [0, 0.1) is 0 Å². The smallest absolute Gasteiger partial charge is 0.0551 e. The molecule has 38 heavy (non-hydrogen) atoms. The Kier molecular flexibility index (Phi) is 3.99. The van der Waals surface area contributed by atoms with Gasteiger partial charge in [0.25, 0.3) is 0 Å². The lowest BCUT2D eigenvalue weighted by Crippen LogP contribution is -1.88. The summed E-state index contributed by atoms with van der Waals surface area (Å²) in [6.45, 7) is 0. The third-order valence-corrected chi connectivity index (χ3v) is 9.33. The largest absolute Gasteiger partial charge is 0.354 e. The molecule has 0 unspecified atom stereocenters. The molecule has 9 aromatic rings. The summed E-state index contributed by atoms with van der Waals surface area (Å²) in [7, 11) is 0. The third-order valence-electron chi connectivity index (χ3n) is 8.17. The van der Waals surface area contributed by atoms with Crippen molar-refractivity contribution >= 4 is 85.6 Å². The number of hydrogen-bond acceptors (Lipinski definition) is 1. The number of aromatic amines is 1. The summed E-state index contributed by atoms with van der Waals surface area (Å²) < 4.78 is 2.68. The number of fused-ring (bicyclic) bond motifs is 13. The van der Waals surface area contributed by atoms with E-state index in [0.29, 0.717) is 0 Å². The molecule has 0 spiro atoms. The Morgan fingerprint density at radius 2 is 1.08 bits per heavy atom.